The molecule has 66 heavy (non-hydrogen) atoms. The summed E-state index contributed by atoms with van der Waals surface area (Å²) in [7, 11) is -13.8. The van der Waals surface area contributed by atoms with Crippen LogP contribution in [0.5, 0.6) is 0 Å². The second-order valence-electron chi connectivity index (χ2n) is 17.4. The van der Waals surface area contributed by atoms with Gasteiger partial charge in [-0.25, -0.2) is 0 Å². The fraction of sp³-hybridized carbons (Fsp3) is 0.264. The zero-order valence-electron chi connectivity index (χ0n) is 38.9. The van der Waals surface area contributed by atoms with Crippen molar-refractivity contribution in [2.75, 3.05) is 26.4 Å². The minimum Gasteiger partial charge on any atom is -0.396 e. The highest BCUT2D eigenvalue weighted by Crippen LogP contribution is 2.56. The molecule has 13 heteroatoms. The third kappa shape index (κ3) is 10.2. The average molecular weight is 947 g/mol. The summed E-state index contributed by atoms with van der Waals surface area (Å²) in [5.41, 5.74) is 2.33. The van der Waals surface area contributed by atoms with Gasteiger partial charge in [-0.2, -0.15) is 0 Å². The molecular formula is C53H57O10P3. The lowest BCUT2D eigenvalue weighted by Gasteiger charge is -2.35. The standard InChI is InChI=1S/C53H57O10P3/c1-35-25-38(4)47(39(5)26-35)50(55)64(58,44-19-13-10-14-20-44)61-32-53(31-54,33-62-65(59,45-21-15-11-16-22-45)51(56)48-40(6)27-36(2)28-41(48)7)34-63-66(60,46-23-17-12-18-24-46)52(57)49-42(8)29-37(3)30-43(49)9/h10-30,54H,31-34H2,1-9H3. The summed E-state index contributed by atoms with van der Waals surface area (Å²) >= 11 is 0. The van der Waals surface area contributed by atoms with Crippen LogP contribution >= 0.6 is 22.1 Å². The highest BCUT2D eigenvalue weighted by Gasteiger charge is 2.47. The van der Waals surface area contributed by atoms with Gasteiger partial charge in [0.15, 0.2) is 0 Å². The van der Waals surface area contributed by atoms with E-state index < -0.39 is 70.5 Å². The molecule has 6 rings (SSSR count). The Hall–Kier alpha value is -5.14. The van der Waals surface area contributed by atoms with E-state index in [1.807, 2.05) is 20.8 Å². The van der Waals surface area contributed by atoms with E-state index >= 15 is 13.7 Å². The molecular weight excluding hydrogens is 889 g/mol. The Morgan fingerprint density at radius 2 is 0.621 bits per heavy atom. The van der Waals surface area contributed by atoms with Gasteiger partial charge in [0, 0.05) is 32.6 Å². The molecule has 0 radical (unpaired) electrons. The normalized spacial score (nSPS) is 15.2. The number of aliphatic hydroxyl groups excluding tert-OH is 1. The molecule has 0 spiro atoms. The summed E-state index contributed by atoms with van der Waals surface area (Å²) in [4.78, 5) is 44.4. The molecule has 0 aliphatic rings. The van der Waals surface area contributed by atoms with E-state index in [1.54, 1.807) is 133 Å². The number of hydrogen-bond donors (Lipinski definition) is 1. The predicted molar refractivity (Wildman–Crippen MR) is 263 cm³/mol. The lowest BCUT2D eigenvalue weighted by atomic mass is 9.93. The van der Waals surface area contributed by atoms with Crippen LogP contribution in [0.25, 0.3) is 0 Å². The summed E-state index contributed by atoms with van der Waals surface area (Å²) in [6.45, 7) is 12.9. The van der Waals surface area contributed by atoms with Gasteiger partial charge in [-0.1, -0.05) is 108 Å². The third-order valence-electron chi connectivity index (χ3n) is 11.8. The number of aryl methyl sites for hydroxylation is 9. The Balaban J connectivity index is 1.51. The Morgan fingerprint density at radius 1 is 0.409 bits per heavy atom. The molecule has 0 aromatic heterocycles. The first kappa shape index (κ1) is 50.3. The Bertz CT molecular complexity index is 2560. The number of rotatable bonds is 19. The van der Waals surface area contributed by atoms with Crippen LogP contribution in [0.1, 0.15) is 81.1 Å². The van der Waals surface area contributed by atoms with Crippen LogP contribution in [0.3, 0.4) is 0 Å². The Morgan fingerprint density at radius 3 is 0.818 bits per heavy atom. The SMILES string of the molecule is Cc1cc(C)c(C(=O)P(=O)(OCC(CO)(COP(=O)(C(=O)c2c(C)cc(C)cc2C)c2ccccc2)COP(=O)(C(=O)c2c(C)cc(C)cc2C)c2ccccc2)c2ccccc2)c(C)c1. The third-order valence-corrected chi connectivity index (χ3v) is 18.4. The zero-order valence-corrected chi connectivity index (χ0v) is 41.6. The van der Waals surface area contributed by atoms with Crippen LogP contribution in [-0.4, -0.2) is 48.1 Å². The van der Waals surface area contributed by atoms with Crippen LogP contribution in [0.2, 0.25) is 0 Å². The minimum atomic E-state index is -4.61. The molecule has 0 fully saturated rings. The van der Waals surface area contributed by atoms with Crippen molar-refractivity contribution in [1.82, 2.24) is 0 Å². The average Bonchev–Trinajstić information content (AvgIpc) is 3.28. The molecule has 3 atom stereocenters. The van der Waals surface area contributed by atoms with Gasteiger partial charge in [-0.15, -0.1) is 0 Å². The molecule has 344 valence electrons. The van der Waals surface area contributed by atoms with Crippen molar-refractivity contribution in [3.05, 3.63) is 194 Å². The van der Waals surface area contributed by atoms with Crippen molar-refractivity contribution in [1.29, 1.82) is 0 Å². The van der Waals surface area contributed by atoms with Gasteiger partial charge in [0.05, 0.1) is 31.8 Å². The summed E-state index contributed by atoms with van der Waals surface area (Å²) in [6.07, 6.45) is 0. The van der Waals surface area contributed by atoms with Crippen molar-refractivity contribution in [3.63, 3.8) is 0 Å². The van der Waals surface area contributed by atoms with Crippen LogP contribution < -0.4 is 15.9 Å². The van der Waals surface area contributed by atoms with Crippen molar-refractivity contribution < 1.29 is 46.8 Å². The lowest BCUT2D eigenvalue weighted by molar-refractivity contribution is -0.00736. The van der Waals surface area contributed by atoms with Gasteiger partial charge in [-0.3, -0.25) is 28.1 Å². The molecule has 0 bridgehead atoms. The maximum absolute atomic E-state index is 15.6. The first-order valence-electron chi connectivity index (χ1n) is 21.6. The molecule has 6 aromatic carbocycles. The molecule has 0 aliphatic heterocycles. The van der Waals surface area contributed by atoms with E-state index in [9.17, 15) is 19.5 Å². The van der Waals surface area contributed by atoms with Gasteiger partial charge in [0.2, 0.25) is 0 Å². The second kappa shape index (κ2) is 20.4. The van der Waals surface area contributed by atoms with E-state index in [0.29, 0.717) is 33.4 Å². The van der Waals surface area contributed by atoms with E-state index in [2.05, 4.69) is 0 Å². The van der Waals surface area contributed by atoms with Gasteiger partial charge in [-0.05, 0) is 132 Å². The van der Waals surface area contributed by atoms with E-state index in [0.717, 1.165) is 16.7 Å². The Kier molecular flexibility index (Phi) is 15.5. The first-order chi connectivity index (χ1) is 31.2. The molecule has 0 aliphatic carbocycles. The number of benzene rings is 6. The molecule has 6 aromatic rings. The molecule has 3 unspecified atom stereocenters. The van der Waals surface area contributed by atoms with E-state index in [-0.39, 0.29) is 32.6 Å². The van der Waals surface area contributed by atoms with Crippen LogP contribution in [-0.2, 0) is 27.3 Å². The topological polar surface area (TPSA) is 150 Å². The summed E-state index contributed by atoms with van der Waals surface area (Å²) in [5, 5.41) is 11.8. The Labute approximate surface area is 388 Å². The van der Waals surface area contributed by atoms with Gasteiger partial charge in [0.1, 0.15) is 0 Å². The predicted octanol–water partition coefficient (Wildman–Crippen LogP) is 11.1. The lowest BCUT2D eigenvalue weighted by Crippen LogP contribution is -2.42. The summed E-state index contributed by atoms with van der Waals surface area (Å²) < 4.78 is 65.9. The maximum atomic E-state index is 15.6. The van der Waals surface area contributed by atoms with Crippen LogP contribution in [0.15, 0.2) is 127 Å². The van der Waals surface area contributed by atoms with Crippen LogP contribution in [0, 0.1) is 67.7 Å². The molecule has 10 nitrogen and oxygen atoms in total. The first-order valence-corrected chi connectivity index (χ1v) is 26.5. The maximum Gasteiger partial charge on any atom is 0.300 e. The fourth-order valence-electron chi connectivity index (χ4n) is 8.56. The van der Waals surface area contributed by atoms with Gasteiger partial charge < -0.3 is 18.7 Å². The zero-order chi connectivity index (χ0) is 48.2. The molecule has 0 saturated carbocycles. The van der Waals surface area contributed by atoms with Crippen LogP contribution in [0.4, 0.5) is 0 Å². The molecule has 1 N–H and O–H groups in total. The van der Waals surface area contributed by atoms with Gasteiger partial charge in [0.25, 0.3) is 16.6 Å². The quantitative estimate of drug-likeness (QED) is 0.0777. The molecule has 0 heterocycles. The van der Waals surface area contributed by atoms with Gasteiger partial charge >= 0.3 is 22.1 Å². The molecule has 0 amide bonds. The largest absolute Gasteiger partial charge is 0.396 e. The highest BCUT2D eigenvalue weighted by atomic mass is 31.2. The smallest absolute Gasteiger partial charge is 0.300 e. The number of hydrogen-bond acceptors (Lipinski definition) is 10. The summed E-state index contributed by atoms with van der Waals surface area (Å²) in [6, 6.07) is 34.7. The second-order valence-corrected chi connectivity index (χ2v) is 24.2. The monoisotopic (exact) mass is 946 g/mol. The number of aliphatic hydroxyl groups is 1. The number of carbonyl (C=O) groups is 3. The van der Waals surface area contributed by atoms with E-state index in [1.165, 1.54) is 36.4 Å². The highest BCUT2D eigenvalue weighted by molar-refractivity contribution is 7.84. The van der Waals surface area contributed by atoms with Crippen molar-refractivity contribution in [3.8, 4) is 0 Å². The molecule has 0 saturated heterocycles. The number of carbonyl (C=O) groups excluding carboxylic acids is 3. The summed E-state index contributed by atoms with van der Waals surface area (Å²) in [5.74, 6) is 0. The van der Waals surface area contributed by atoms with Crippen molar-refractivity contribution in [2.45, 2.75) is 62.3 Å². The van der Waals surface area contributed by atoms with Crippen molar-refractivity contribution >= 4 is 54.6 Å². The fourth-order valence-corrected chi connectivity index (χ4v) is 15.1. The van der Waals surface area contributed by atoms with Crippen molar-refractivity contribution in [2.24, 2.45) is 5.41 Å². The minimum absolute atomic E-state index is 0.0639. The van der Waals surface area contributed by atoms with E-state index in [4.69, 9.17) is 13.6 Å².